The number of aliphatic carboxylic acids is 1. The van der Waals surface area contributed by atoms with Crippen LogP contribution in [0.3, 0.4) is 0 Å². The minimum absolute atomic E-state index is 0.00571. The first-order valence-electron chi connectivity index (χ1n) is 7.92. The van der Waals surface area contributed by atoms with Crippen molar-refractivity contribution < 1.29 is 24.2 Å². The van der Waals surface area contributed by atoms with Gasteiger partial charge in [0.05, 0.1) is 19.6 Å². The van der Waals surface area contributed by atoms with Crippen LogP contribution >= 0.6 is 11.8 Å². The SMILES string of the molecule is COC(=O)[C@@](N)(CSC1(C)CCCC1(C)C)C(=O)[C@@H](N)CC(=O)O. The molecular formula is C16H28N2O5S. The number of hydrogen-bond donors (Lipinski definition) is 3. The molecule has 0 spiro atoms. The minimum atomic E-state index is -1.95. The lowest BCUT2D eigenvalue weighted by Gasteiger charge is -2.40. The number of nitrogens with two attached hydrogens (primary N) is 2. The number of carbonyl (C=O) groups is 3. The molecule has 0 bridgehead atoms. The third-order valence-corrected chi connectivity index (χ3v) is 7.22. The highest BCUT2D eigenvalue weighted by Gasteiger charge is 2.51. The lowest BCUT2D eigenvalue weighted by molar-refractivity contribution is -0.151. The number of Topliss-reactive ketones (excluding diaryl/α,β-unsaturated/α-hetero) is 1. The number of rotatable bonds is 8. The molecule has 0 aromatic carbocycles. The number of carboxylic acids is 1. The van der Waals surface area contributed by atoms with E-state index in [-0.39, 0.29) is 15.9 Å². The summed E-state index contributed by atoms with van der Waals surface area (Å²) in [5, 5.41) is 8.81. The van der Waals surface area contributed by atoms with Crippen molar-refractivity contribution >= 4 is 29.5 Å². The van der Waals surface area contributed by atoms with E-state index < -0.39 is 35.7 Å². The van der Waals surface area contributed by atoms with Gasteiger partial charge >= 0.3 is 11.9 Å². The molecule has 0 aromatic heterocycles. The molecule has 0 aromatic rings. The lowest BCUT2D eigenvalue weighted by Crippen LogP contribution is -2.63. The van der Waals surface area contributed by atoms with Gasteiger partial charge in [0.15, 0.2) is 11.3 Å². The summed E-state index contributed by atoms with van der Waals surface area (Å²) in [7, 11) is 1.14. The van der Waals surface area contributed by atoms with Gasteiger partial charge < -0.3 is 21.3 Å². The van der Waals surface area contributed by atoms with Gasteiger partial charge in [-0.15, -0.1) is 0 Å². The van der Waals surface area contributed by atoms with Gasteiger partial charge in [-0.1, -0.05) is 20.3 Å². The highest BCUT2D eigenvalue weighted by atomic mass is 32.2. The van der Waals surface area contributed by atoms with Crippen LogP contribution in [0.1, 0.15) is 46.5 Å². The van der Waals surface area contributed by atoms with Crippen LogP contribution in [0, 0.1) is 5.41 Å². The number of carbonyl (C=O) groups excluding carboxylic acids is 2. The molecule has 0 saturated heterocycles. The number of thioether (sulfide) groups is 1. The van der Waals surface area contributed by atoms with E-state index in [9.17, 15) is 14.4 Å². The Morgan fingerprint density at radius 3 is 2.29 bits per heavy atom. The monoisotopic (exact) mass is 360 g/mol. The predicted molar refractivity (Wildman–Crippen MR) is 92.7 cm³/mol. The topological polar surface area (TPSA) is 133 Å². The fourth-order valence-corrected chi connectivity index (χ4v) is 4.62. The van der Waals surface area contributed by atoms with E-state index in [4.69, 9.17) is 21.3 Å². The molecule has 1 unspecified atom stereocenters. The van der Waals surface area contributed by atoms with E-state index >= 15 is 0 Å². The van der Waals surface area contributed by atoms with Gasteiger partial charge in [-0.05, 0) is 25.2 Å². The Labute approximate surface area is 146 Å². The van der Waals surface area contributed by atoms with Crippen molar-refractivity contribution in [2.45, 2.75) is 62.8 Å². The first-order chi connectivity index (χ1) is 10.9. The summed E-state index contributed by atoms with van der Waals surface area (Å²) in [6.45, 7) is 6.41. The Kier molecular flexibility index (Phi) is 6.46. The summed E-state index contributed by atoms with van der Waals surface area (Å²) >= 11 is 1.46. The molecule has 0 amide bonds. The fraction of sp³-hybridized carbons (Fsp3) is 0.812. The summed E-state index contributed by atoms with van der Waals surface area (Å²) in [5.74, 6) is -2.91. The second-order valence-electron chi connectivity index (χ2n) is 7.29. The number of carboxylic acid groups (broad SMARTS) is 1. The maximum atomic E-state index is 12.5. The van der Waals surface area contributed by atoms with Gasteiger partial charge in [0.2, 0.25) is 0 Å². The number of methoxy groups -OCH3 is 1. The Morgan fingerprint density at radius 2 is 1.88 bits per heavy atom. The first kappa shape index (κ1) is 20.9. The lowest BCUT2D eigenvalue weighted by atomic mass is 9.82. The first-order valence-corrected chi connectivity index (χ1v) is 8.91. The molecular weight excluding hydrogens is 332 g/mol. The van der Waals surface area contributed by atoms with Crippen LogP contribution in [-0.4, -0.2) is 52.0 Å². The Balaban J connectivity index is 2.98. The third-order valence-electron chi connectivity index (χ3n) is 5.23. The Hall–Kier alpha value is -1.12. The molecule has 0 heterocycles. The minimum Gasteiger partial charge on any atom is -0.481 e. The largest absolute Gasteiger partial charge is 0.481 e. The molecule has 1 fully saturated rings. The van der Waals surface area contributed by atoms with Gasteiger partial charge in [-0.3, -0.25) is 9.59 Å². The molecule has 24 heavy (non-hydrogen) atoms. The van der Waals surface area contributed by atoms with Crippen molar-refractivity contribution in [2.75, 3.05) is 12.9 Å². The molecule has 1 saturated carbocycles. The molecule has 1 aliphatic carbocycles. The van der Waals surface area contributed by atoms with E-state index in [2.05, 4.69) is 20.8 Å². The zero-order valence-electron chi connectivity index (χ0n) is 14.8. The van der Waals surface area contributed by atoms with Crippen LogP contribution in [0.2, 0.25) is 0 Å². The van der Waals surface area contributed by atoms with Gasteiger partial charge in [0.25, 0.3) is 0 Å². The maximum Gasteiger partial charge on any atom is 0.334 e. The van der Waals surface area contributed by atoms with Gasteiger partial charge in [0, 0.05) is 10.5 Å². The van der Waals surface area contributed by atoms with Crippen LogP contribution < -0.4 is 11.5 Å². The zero-order chi connectivity index (χ0) is 18.8. The van der Waals surface area contributed by atoms with Gasteiger partial charge in [-0.2, -0.15) is 11.8 Å². The van der Waals surface area contributed by atoms with Gasteiger partial charge in [0.1, 0.15) is 0 Å². The van der Waals surface area contributed by atoms with Crippen LogP contribution in [0.25, 0.3) is 0 Å². The van der Waals surface area contributed by atoms with E-state index in [1.807, 2.05) is 0 Å². The summed E-state index contributed by atoms with van der Waals surface area (Å²) in [6.07, 6.45) is 2.50. The van der Waals surface area contributed by atoms with Crippen molar-refractivity contribution in [1.82, 2.24) is 0 Å². The predicted octanol–water partition coefficient (Wildman–Crippen LogP) is 0.930. The molecule has 5 N–H and O–H groups in total. The van der Waals surface area contributed by atoms with Crippen molar-refractivity contribution in [3.63, 3.8) is 0 Å². The number of ketones is 1. The number of ether oxygens (including phenoxy) is 1. The second kappa shape index (κ2) is 7.41. The van der Waals surface area contributed by atoms with E-state index in [1.165, 1.54) is 11.8 Å². The summed E-state index contributed by atoms with van der Waals surface area (Å²) in [6, 6.07) is -1.35. The Morgan fingerprint density at radius 1 is 1.29 bits per heavy atom. The van der Waals surface area contributed by atoms with Crippen molar-refractivity contribution in [1.29, 1.82) is 0 Å². The normalized spacial score (nSPS) is 26.4. The molecule has 1 rings (SSSR count). The van der Waals surface area contributed by atoms with Crippen molar-refractivity contribution in [3.05, 3.63) is 0 Å². The zero-order valence-corrected chi connectivity index (χ0v) is 15.6. The molecule has 1 aliphatic rings. The average Bonchev–Trinajstić information content (AvgIpc) is 2.76. The van der Waals surface area contributed by atoms with Crippen LogP contribution in [0.5, 0.6) is 0 Å². The fourth-order valence-electron chi connectivity index (χ4n) is 3.04. The van der Waals surface area contributed by atoms with Gasteiger partial charge in [-0.25, -0.2) is 4.79 Å². The second-order valence-corrected chi connectivity index (χ2v) is 8.77. The standard InChI is InChI=1S/C16H28N2O5S/c1-14(2)6-5-7-15(14,3)24-9-16(18,13(22)23-4)12(21)10(17)8-11(19)20/h10H,5-9,17-18H2,1-4H3,(H,19,20)/t10-,15?,16+/m0/s1. The summed E-state index contributed by atoms with van der Waals surface area (Å²) in [4.78, 5) is 35.5. The summed E-state index contributed by atoms with van der Waals surface area (Å²) in [5.41, 5.74) is 9.81. The maximum absolute atomic E-state index is 12.5. The molecule has 3 atom stereocenters. The molecule has 0 aliphatic heterocycles. The van der Waals surface area contributed by atoms with Crippen LogP contribution in [0.15, 0.2) is 0 Å². The molecule has 138 valence electrons. The highest BCUT2D eigenvalue weighted by Crippen LogP contribution is 2.54. The van der Waals surface area contributed by atoms with E-state index in [0.29, 0.717) is 0 Å². The molecule has 7 nitrogen and oxygen atoms in total. The molecule has 0 radical (unpaired) electrons. The summed E-state index contributed by atoms with van der Waals surface area (Å²) < 4.78 is 4.55. The highest BCUT2D eigenvalue weighted by molar-refractivity contribution is 8.00. The number of esters is 1. The van der Waals surface area contributed by atoms with Crippen molar-refractivity contribution in [3.8, 4) is 0 Å². The average molecular weight is 360 g/mol. The van der Waals surface area contributed by atoms with Crippen molar-refractivity contribution in [2.24, 2.45) is 16.9 Å². The molecule has 8 heteroatoms. The quantitative estimate of drug-likeness (QED) is 0.430. The smallest absolute Gasteiger partial charge is 0.334 e. The third kappa shape index (κ3) is 4.10. The Bertz CT molecular complexity index is 525. The van der Waals surface area contributed by atoms with Crippen LogP contribution in [0.4, 0.5) is 0 Å². The number of hydrogen-bond acceptors (Lipinski definition) is 7. The van der Waals surface area contributed by atoms with Crippen LogP contribution in [-0.2, 0) is 19.1 Å². The van der Waals surface area contributed by atoms with E-state index in [1.54, 1.807) is 0 Å². The van der Waals surface area contributed by atoms with E-state index in [0.717, 1.165) is 26.4 Å².